The second kappa shape index (κ2) is 5.01. The number of pyridine rings is 1. The van der Waals surface area contributed by atoms with Crippen LogP contribution in [0.2, 0.25) is 0 Å². The average molecular weight is 319 g/mol. The second-order valence-corrected chi connectivity index (χ2v) is 4.97. The van der Waals surface area contributed by atoms with Crippen molar-refractivity contribution in [2.45, 2.75) is 6.42 Å². The van der Waals surface area contributed by atoms with Gasteiger partial charge in [0.05, 0.1) is 12.2 Å². The molecule has 2 heterocycles. The van der Waals surface area contributed by atoms with Crippen molar-refractivity contribution in [3.8, 4) is 5.75 Å². The number of ether oxygens (including phenoxy) is 1. The van der Waals surface area contributed by atoms with E-state index in [4.69, 9.17) is 4.74 Å². The second-order valence-electron chi connectivity index (χ2n) is 4.22. The highest BCUT2D eigenvalue weighted by Gasteiger charge is 2.14. The molecule has 3 rings (SSSR count). The third-order valence-electron chi connectivity index (χ3n) is 2.95. The van der Waals surface area contributed by atoms with Crippen LogP contribution < -0.4 is 10.1 Å². The SMILES string of the molecule is O=C(Nc1ccc2c(c1)CCO2)c1cccnc1Br. The van der Waals surface area contributed by atoms with E-state index in [1.807, 2.05) is 18.2 Å². The first-order valence-electron chi connectivity index (χ1n) is 5.91. The quantitative estimate of drug-likeness (QED) is 0.866. The molecule has 96 valence electrons. The molecule has 0 aliphatic carbocycles. The van der Waals surface area contributed by atoms with E-state index in [9.17, 15) is 4.79 Å². The van der Waals surface area contributed by atoms with Crippen molar-refractivity contribution in [1.82, 2.24) is 4.98 Å². The van der Waals surface area contributed by atoms with Gasteiger partial charge in [0.2, 0.25) is 0 Å². The molecule has 0 saturated carbocycles. The summed E-state index contributed by atoms with van der Waals surface area (Å²) in [6, 6.07) is 9.13. The normalized spacial score (nSPS) is 12.7. The van der Waals surface area contributed by atoms with Gasteiger partial charge in [-0.1, -0.05) is 0 Å². The third-order valence-corrected chi connectivity index (χ3v) is 3.58. The molecule has 5 heteroatoms. The molecule has 0 saturated heterocycles. The fourth-order valence-electron chi connectivity index (χ4n) is 2.02. The summed E-state index contributed by atoms with van der Waals surface area (Å²) in [5, 5.41) is 2.86. The van der Waals surface area contributed by atoms with Crippen LogP contribution in [0.3, 0.4) is 0 Å². The molecule has 0 unspecified atom stereocenters. The number of nitrogens with zero attached hydrogens (tertiary/aromatic N) is 1. The highest BCUT2D eigenvalue weighted by molar-refractivity contribution is 9.10. The largest absolute Gasteiger partial charge is 0.493 e. The van der Waals surface area contributed by atoms with Crippen LogP contribution in [0.25, 0.3) is 0 Å². The van der Waals surface area contributed by atoms with E-state index in [2.05, 4.69) is 26.2 Å². The summed E-state index contributed by atoms with van der Waals surface area (Å²) in [6.45, 7) is 0.709. The Hall–Kier alpha value is -1.88. The first-order chi connectivity index (χ1) is 9.24. The van der Waals surface area contributed by atoms with Gasteiger partial charge in [-0.15, -0.1) is 0 Å². The van der Waals surface area contributed by atoms with Crippen molar-refractivity contribution in [2.24, 2.45) is 0 Å². The zero-order chi connectivity index (χ0) is 13.2. The standard InChI is InChI=1S/C14H11BrN2O2/c15-13-11(2-1-6-16-13)14(18)17-10-3-4-12-9(8-10)5-7-19-12/h1-4,6,8H,5,7H2,(H,17,18). The molecule has 0 fully saturated rings. The van der Waals surface area contributed by atoms with Crippen LogP contribution in [0.5, 0.6) is 5.75 Å². The molecule has 1 aromatic carbocycles. The van der Waals surface area contributed by atoms with Crippen LogP contribution >= 0.6 is 15.9 Å². The summed E-state index contributed by atoms with van der Waals surface area (Å²) >= 11 is 3.27. The minimum absolute atomic E-state index is 0.182. The molecular formula is C14H11BrN2O2. The number of hydrogen-bond donors (Lipinski definition) is 1. The summed E-state index contributed by atoms with van der Waals surface area (Å²) in [7, 11) is 0. The van der Waals surface area contributed by atoms with Gasteiger partial charge in [0.25, 0.3) is 5.91 Å². The van der Waals surface area contributed by atoms with Gasteiger partial charge in [0.1, 0.15) is 10.4 Å². The zero-order valence-corrected chi connectivity index (χ0v) is 11.6. The smallest absolute Gasteiger partial charge is 0.258 e. The van der Waals surface area contributed by atoms with Gasteiger partial charge in [0, 0.05) is 18.3 Å². The molecule has 0 spiro atoms. The molecule has 19 heavy (non-hydrogen) atoms. The number of fused-ring (bicyclic) bond motifs is 1. The first-order valence-corrected chi connectivity index (χ1v) is 6.71. The molecule has 1 aliphatic rings. The Morgan fingerprint density at radius 2 is 2.26 bits per heavy atom. The van der Waals surface area contributed by atoms with Gasteiger partial charge in [-0.3, -0.25) is 4.79 Å². The number of carbonyl (C=O) groups is 1. The molecule has 0 atom stereocenters. The Balaban J connectivity index is 1.82. The van der Waals surface area contributed by atoms with Gasteiger partial charge in [0.15, 0.2) is 0 Å². The Labute approximate surface area is 118 Å². The number of anilines is 1. The van der Waals surface area contributed by atoms with Crippen molar-refractivity contribution in [3.63, 3.8) is 0 Å². The molecule has 0 bridgehead atoms. The average Bonchev–Trinajstić information content (AvgIpc) is 2.86. The Bertz CT molecular complexity index is 643. The predicted octanol–water partition coefficient (Wildman–Crippen LogP) is 3.03. The molecule has 1 aromatic heterocycles. The van der Waals surface area contributed by atoms with E-state index in [-0.39, 0.29) is 5.91 Å². The van der Waals surface area contributed by atoms with Gasteiger partial charge in [-0.2, -0.15) is 0 Å². The number of benzene rings is 1. The van der Waals surface area contributed by atoms with E-state index in [1.54, 1.807) is 18.3 Å². The van der Waals surface area contributed by atoms with Crippen molar-refractivity contribution in [3.05, 3.63) is 52.3 Å². The number of amides is 1. The van der Waals surface area contributed by atoms with Crippen molar-refractivity contribution in [2.75, 3.05) is 11.9 Å². The van der Waals surface area contributed by atoms with Gasteiger partial charge < -0.3 is 10.1 Å². The Morgan fingerprint density at radius 1 is 1.37 bits per heavy atom. The molecule has 0 radical (unpaired) electrons. The lowest BCUT2D eigenvalue weighted by Gasteiger charge is -2.07. The minimum Gasteiger partial charge on any atom is -0.493 e. The number of aromatic nitrogens is 1. The highest BCUT2D eigenvalue weighted by atomic mass is 79.9. The van der Waals surface area contributed by atoms with E-state index in [0.29, 0.717) is 16.8 Å². The van der Waals surface area contributed by atoms with Crippen LogP contribution in [-0.4, -0.2) is 17.5 Å². The molecule has 2 aromatic rings. The summed E-state index contributed by atoms with van der Waals surface area (Å²) in [5.41, 5.74) is 2.41. The van der Waals surface area contributed by atoms with E-state index in [0.717, 1.165) is 23.4 Å². The van der Waals surface area contributed by atoms with E-state index < -0.39 is 0 Å². The fourth-order valence-corrected chi connectivity index (χ4v) is 2.45. The van der Waals surface area contributed by atoms with Crippen molar-refractivity contribution < 1.29 is 9.53 Å². The first kappa shape index (κ1) is 12.2. The minimum atomic E-state index is -0.182. The highest BCUT2D eigenvalue weighted by Crippen LogP contribution is 2.28. The molecule has 1 amide bonds. The number of carbonyl (C=O) groups excluding carboxylic acids is 1. The zero-order valence-electron chi connectivity index (χ0n) is 10.0. The maximum atomic E-state index is 12.1. The van der Waals surface area contributed by atoms with Crippen LogP contribution in [0.4, 0.5) is 5.69 Å². The number of rotatable bonds is 2. The molecule has 4 nitrogen and oxygen atoms in total. The molecular weight excluding hydrogens is 308 g/mol. The topological polar surface area (TPSA) is 51.2 Å². The van der Waals surface area contributed by atoms with Crippen LogP contribution in [-0.2, 0) is 6.42 Å². The molecule has 1 N–H and O–H groups in total. The van der Waals surface area contributed by atoms with Crippen molar-refractivity contribution in [1.29, 1.82) is 0 Å². The van der Waals surface area contributed by atoms with Gasteiger partial charge in [-0.05, 0) is 51.8 Å². The third kappa shape index (κ3) is 2.46. The van der Waals surface area contributed by atoms with Crippen LogP contribution in [0, 0.1) is 0 Å². The monoisotopic (exact) mass is 318 g/mol. The fraction of sp³-hybridized carbons (Fsp3) is 0.143. The lowest BCUT2D eigenvalue weighted by atomic mass is 10.1. The number of hydrogen-bond acceptors (Lipinski definition) is 3. The van der Waals surface area contributed by atoms with E-state index >= 15 is 0 Å². The maximum absolute atomic E-state index is 12.1. The summed E-state index contributed by atoms with van der Waals surface area (Å²) in [5.74, 6) is 0.722. The molecule has 1 aliphatic heterocycles. The van der Waals surface area contributed by atoms with Gasteiger partial charge >= 0.3 is 0 Å². The predicted molar refractivity (Wildman–Crippen MR) is 75.5 cm³/mol. The lowest BCUT2D eigenvalue weighted by molar-refractivity contribution is 0.102. The summed E-state index contributed by atoms with van der Waals surface area (Å²) < 4.78 is 5.97. The van der Waals surface area contributed by atoms with Crippen LogP contribution in [0.1, 0.15) is 15.9 Å². The van der Waals surface area contributed by atoms with Crippen molar-refractivity contribution >= 4 is 27.5 Å². The summed E-state index contributed by atoms with van der Waals surface area (Å²) in [6.07, 6.45) is 2.52. The Morgan fingerprint density at radius 3 is 3.11 bits per heavy atom. The van der Waals surface area contributed by atoms with Crippen LogP contribution in [0.15, 0.2) is 41.1 Å². The lowest BCUT2D eigenvalue weighted by Crippen LogP contribution is -2.13. The maximum Gasteiger partial charge on any atom is 0.258 e. The Kier molecular flexibility index (Phi) is 3.21. The number of halogens is 1. The van der Waals surface area contributed by atoms with Gasteiger partial charge in [-0.25, -0.2) is 4.98 Å². The van der Waals surface area contributed by atoms with E-state index in [1.165, 1.54) is 0 Å². The summed E-state index contributed by atoms with van der Waals surface area (Å²) in [4.78, 5) is 16.2. The number of nitrogens with one attached hydrogen (secondary N) is 1.